The first kappa shape index (κ1) is 12.4. The molecule has 2 saturated heterocycles. The topological polar surface area (TPSA) is 50.8 Å². The van der Waals surface area contributed by atoms with E-state index in [9.17, 15) is 4.79 Å². The molecule has 1 N–H and O–H groups in total. The summed E-state index contributed by atoms with van der Waals surface area (Å²) in [6, 6.07) is 7.65. The summed E-state index contributed by atoms with van der Waals surface area (Å²) in [6.07, 6.45) is 0.900. The number of carbonyl (C=O) groups is 1. The highest BCUT2D eigenvalue weighted by Crippen LogP contribution is 2.37. The van der Waals surface area contributed by atoms with Crippen LogP contribution in [-0.2, 0) is 9.53 Å². The third-order valence-electron chi connectivity index (χ3n) is 3.87. The van der Waals surface area contributed by atoms with Crippen LogP contribution in [0.5, 0.6) is 5.75 Å². The van der Waals surface area contributed by atoms with Crippen LogP contribution in [0, 0.1) is 0 Å². The number of ether oxygens (including phenoxy) is 2. The van der Waals surface area contributed by atoms with Crippen LogP contribution in [0.1, 0.15) is 6.42 Å². The third-order valence-corrected chi connectivity index (χ3v) is 3.87. The number of amides is 1. The van der Waals surface area contributed by atoms with Crippen molar-refractivity contribution < 1.29 is 14.3 Å². The van der Waals surface area contributed by atoms with Crippen molar-refractivity contribution in [2.75, 3.05) is 38.3 Å². The SMILES string of the molecule is COc1ccccc1N1C(=O)COCC12CCNC2. The predicted octanol–water partition coefficient (Wildman–Crippen LogP) is 0.790. The zero-order chi connectivity index (χ0) is 13.3. The fourth-order valence-electron chi connectivity index (χ4n) is 2.97. The van der Waals surface area contributed by atoms with Crippen LogP contribution in [0.3, 0.4) is 0 Å². The van der Waals surface area contributed by atoms with Crippen molar-refractivity contribution in [1.29, 1.82) is 0 Å². The lowest BCUT2D eigenvalue weighted by Crippen LogP contribution is -2.61. The number of hydrogen-bond donors (Lipinski definition) is 1. The zero-order valence-electron chi connectivity index (χ0n) is 11.0. The van der Waals surface area contributed by atoms with Gasteiger partial charge < -0.3 is 14.8 Å². The molecule has 2 aliphatic heterocycles. The molecule has 0 aromatic heterocycles. The standard InChI is InChI=1S/C14H18N2O3/c1-18-12-5-3-2-4-11(12)16-13(17)8-19-10-14(16)6-7-15-9-14/h2-5,15H,6-10H2,1H3. The van der Waals surface area contributed by atoms with Gasteiger partial charge in [-0.25, -0.2) is 0 Å². The molecule has 1 aromatic carbocycles. The van der Waals surface area contributed by atoms with E-state index in [1.807, 2.05) is 29.2 Å². The van der Waals surface area contributed by atoms with E-state index < -0.39 is 0 Å². The molecule has 0 bridgehead atoms. The average molecular weight is 262 g/mol. The van der Waals surface area contributed by atoms with Crippen LogP contribution in [0.15, 0.2) is 24.3 Å². The minimum atomic E-state index is -0.274. The number of methoxy groups -OCH3 is 1. The van der Waals surface area contributed by atoms with Crippen molar-refractivity contribution >= 4 is 11.6 Å². The number of benzene rings is 1. The molecule has 1 amide bonds. The number of anilines is 1. The summed E-state index contributed by atoms with van der Waals surface area (Å²) >= 11 is 0. The summed E-state index contributed by atoms with van der Waals surface area (Å²) in [7, 11) is 1.63. The summed E-state index contributed by atoms with van der Waals surface area (Å²) in [6.45, 7) is 2.38. The molecule has 2 aliphatic rings. The Hall–Kier alpha value is -1.59. The van der Waals surface area contributed by atoms with Gasteiger partial charge in [0.25, 0.3) is 5.91 Å². The maximum absolute atomic E-state index is 12.3. The molecule has 5 nitrogen and oxygen atoms in total. The smallest absolute Gasteiger partial charge is 0.253 e. The van der Waals surface area contributed by atoms with Crippen molar-refractivity contribution in [3.63, 3.8) is 0 Å². The second-order valence-corrected chi connectivity index (χ2v) is 5.04. The molecular weight excluding hydrogens is 244 g/mol. The van der Waals surface area contributed by atoms with Gasteiger partial charge in [0.2, 0.25) is 0 Å². The normalized spacial score (nSPS) is 27.0. The monoisotopic (exact) mass is 262 g/mol. The maximum Gasteiger partial charge on any atom is 0.253 e. The van der Waals surface area contributed by atoms with E-state index >= 15 is 0 Å². The van der Waals surface area contributed by atoms with Gasteiger partial charge in [-0.15, -0.1) is 0 Å². The minimum Gasteiger partial charge on any atom is -0.495 e. The van der Waals surface area contributed by atoms with Crippen LogP contribution in [-0.4, -0.2) is 44.9 Å². The highest BCUT2D eigenvalue weighted by atomic mass is 16.5. The van der Waals surface area contributed by atoms with Gasteiger partial charge in [0.05, 0.1) is 24.9 Å². The lowest BCUT2D eigenvalue weighted by Gasteiger charge is -2.44. The lowest BCUT2D eigenvalue weighted by atomic mass is 9.94. The molecule has 102 valence electrons. The quantitative estimate of drug-likeness (QED) is 0.856. The van der Waals surface area contributed by atoms with Gasteiger partial charge in [0.1, 0.15) is 12.4 Å². The van der Waals surface area contributed by atoms with Crippen LogP contribution in [0.2, 0.25) is 0 Å². The van der Waals surface area contributed by atoms with Gasteiger partial charge in [-0.05, 0) is 25.1 Å². The molecule has 2 heterocycles. The number of nitrogens with one attached hydrogen (secondary N) is 1. The van der Waals surface area contributed by atoms with E-state index in [2.05, 4.69) is 5.32 Å². The van der Waals surface area contributed by atoms with E-state index in [1.165, 1.54) is 0 Å². The predicted molar refractivity (Wildman–Crippen MR) is 71.5 cm³/mol. The van der Waals surface area contributed by atoms with Crippen LogP contribution in [0.25, 0.3) is 0 Å². The van der Waals surface area contributed by atoms with Crippen molar-refractivity contribution in [1.82, 2.24) is 5.32 Å². The summed E-state index contributed by atoms with van der Waals surface area (Å²) in [5.41, 5.74) is 0.561. The number of carbonyl (C=O) groups excluding carboxylic acids is 1. The molecule has 1 aromatic rings. The Kier molecular flexibility index (Phi) is 3.16. The fraction of sp³-hybridized carbons (Fsp3) is 0.500. The summed E-state index contributed by atoms with van der Waals surface area (Å²) in [4.78, 5) is 14.2. The van der Waals surface area contributed by atoms with Gasteiger partial charge in [-0.2, -0.15) is 0 Å². The second-order valence-electron chi connectivity index (χ2n) is 5.04. The van der Waals surface area contributed by atoms with E-state index in [0.717, 1.165) is 30.9 Å². The number of morpholine rings is 1. The minimum absolute atomic E-state index is 0.000509. The zero-order valence-corrected chi connectivity index (χ0v) is 11.0. The first-order valence-corrected chi connectivity index (χ1v) is 6.51. The lowest BCUT2D eigenvalue weighted by molar-refractivity contribution is -0.129. The Bertz CT molecular complexity index is 483. The molecule has 0 aliphatic carbocycles. The number of nitrogens with zero attached hydrogens (tertiary/aromatic N) is 1. The first-order chi connectivity index (χ1) is 9.27. The Morgan fingerprint density at radius 2 is 2.26 bits per heavy atom. The van der Waals surface area contributed by atoms with Crippen molar-refractivity contribution in [3.8, 4) is 5.75 Å². The Morgan fingerprint density at radius 1 is 1.42 bits per heavy atom. The number of para-hydroxylation sites is 2. The van der Waals surface area contributed by atoms with Crippen LogP contribution < -0.4 is 15.0 Å². The molecule has 0 radical (unpaired) electrons. The molecule has 1 atom stereocenters. The molecular formula is C14H18N2O3. The van der Waals surface area contributed by atoms with Crippen LogP contribution >= 0.6 is 0 Å². The van der Waals surface area contributed by atoms with E-state index in [1.54, 1.807) is 7.11 Å². The molecule has 5 heteroatoms. The number of rotatable bonds is 2. The van der Waals surface area contributed by atoms with E-state index in [4.69, 9.17) is 9.47 Å². The first-order valence-electron chi connectivity index (χ1n) is 6.51. The Morgan fingerprint density at radius 3 is 3.00 bits per heavy atom. The molecule has 2 fully saturated rings. The van der Waals surface area contributed by atoms with Gasteiger partial charge in [-0.1, -0.05) is 12.1 Å². The largest absolute Gasteiger partial charge is 0.495 e. The van der Waals surface area contributed by atoms with Crippen molar-refractivity contribution in [2.45, 2.75) is 12.0 Å². The molecule has 1 spiro atoms. The summed E-state index contributed by atoms with van der Waals surface area (Å²) in [5.74, 6) is 0.725. The van der Waals surface area contributed by atoms with Gasteiger partial charge in [0, 0.05) is 6.54 Å². The van der Waals surface area contributed by atoms with Crippen LogP contribution in [0.4, 0.5) is 5.69 Å². The summed E-state index contributed by atoms with van der Waals surface area (Å²) < 4.78 is 10.9. The molecule has 1 unspecified atom stereocenters. The average Bonchev–Trinajstić information content (AvgIpc) is 2.88. The van der Waals surface area contributed by atoms with E-state index in [-0.39, 0.29) is 18.1 Å². The molecule has 19 heavy (non-hydrogen) atoms. The molecule has 0 saturated carbocycles. The fourth-order valence-corrected chi connectivity index (χ4v) is 2.97. The third kappa shape index (κ3) is 1.99. The highest BCUT2D eigenvalue weighted by molar-refractivity contribution is 5.98. The van der Waals surface area contributed by atoms with Crippen molar-refractivity contribution in [3.05, 3.63) is 24.3 Å². The van der Waals surface area contributed by atoms with Crippen molar-refractivity contribution in [2.24, 2.45) is 0 Å². The second kappa shape index (κ2) is 4.83. The molecule has 3 rings (SSSR count). The summed E-state index contributed by atoms with van der Waals surface area (Å²) in [5, 5.41) is 3.33. The Balaban J connectivity index is 2.05. The highest BCUT2D eigenvalue weighted by Gasteiger charge is 2.46. The van der Waals surface area contributed by atoms with Gasteiger partial charge >= 0.3 is 0 Å². The number of hydrogen-bond acceptors (Lipinski definition) is 4. The maximum atomic E-state index is 12.3. The van der Waals surface area contributed by atoms with E-state index in [0.29, 0.717) is 6.61 Å². The van der Waals surface area contributed by atoms with Gasteiger partial charge in [-0.3, -0.25) is 9.69 Å². The van der Waals surface area contributed by atoms with Gasteiger partial charge in [0.15, 0.2) is 0 Å². The Labute approximate surface area is 112 Å².